The summed E-state index contributed by atoms with van der Waals surface area (Å²) in [4.78, 5) is 0. The molecule has 0 amide bonds. The van der Waals surface area contributed by atoms with Gasteiger partial charge in [-0.05, 0) is 61.8 Å². The lowest BCUT2D eigenvalue weighted by atomic mass is 9.72. The first-order valence-electron chi connectivity index (χ1n) is 7.10. The maximum absolute atomic E-state index is 6.53. The zero-order valence-corrected chi connectivity index (χ0v) is 11.8. The summed E-state index contributed by atoms with van der Waals surface area (Å²) in [7, 11) is 3.39. The van der Waals surface area contributed by atoms with Gasteiger partial charge in [0.2, 0.25) is 0 Å². The van der Waals surface area contributed by atoms with E-state index in [0.29, 0.717) is 5.92 Å². The van der Waals surface area contributed by atoms with Crippen molar-refractivity contribution >= 4 is 0 Å². The van der Waals surface area contributed by atoms with Crippen molar-refractivity contribution in [3.63, 3.8) is 0 Å². The number of benzene rings is 1. The minimum Gasteiger partial charge on any atom is -0.493 e. The summed E-state index contributed by atoms with van der Waals surface area (Å²) >= 11 is 0. The molecule has 3 unspecified atom stereocenters. The molecule has 2 heterocycles. The number of hydrogen-bond donors (Lipinski definition) is 0. The smallest absolute Gasteiger partial charge is 0.161 e. The molecule has 2 bridgehead atoms. The predicted molar refractivity (Wildman–Crippen MR) is 71.6 cm³/mol. The van der Waals surface area contributed by atoms with Crippen LogP contribution in [0.2, 0.25) is 0 Å². The third kappa shape index (κ3) is 1.22. The maximum Gasteiger partial charge on any atom is 0.161 e. The van der Waals surface area contributed by atoms with Crippen LogP contribution >= 0.6 is 0 Å². The first kappa shape index (κ1) is 11.6. The molecule has 0 radical (unpaired) electrons. The first-order valence-corrected chi connectivity index (χ1v) is 7.10. The summed E-state index contributed by atoms with van der Waals surface area (Å²) in [5.74, 6) is 2.31. The summed E-state index contributed by atoms with van der Waals surface area (Å²) in [6.45, 7) is 2.23. The monoisotopic (exact) mass is 260 g/mol. The van der Waals surface area contributed by atoms with Gasteiger partial charge in [-0.1, -0.05) is 0 Å². The number of methoxy groups -OCH3 is 2. The van der Waals surface area contributed by atoms with Crippen molar-refractivity contribution in [2.24, 2.45) is 5.92 Å². The minimum absolute atomic E-state index is 0.0381. The van der Waals surface area contributed by atoms with E-state index in [1.165, 1.54) is 24.0 Å². The lowest BCUT2D eigenvalue weighted by Gasteiger charge is -2.29. The zero-order valence-electron chi connectivity index (χ0n) is 11.8. The molecule has 1 aromatic carbocycles. The van der Waals surface area contributed by atoms with E-state index in [-0.39, 0.29) is 11.2 Å². The third-order valence-electron chi connectivity index (χ3n) is 5.35. The highest BCUT2D eigenvalue weighted by Gasteiger charge is 2.64. The second kappa shape index (κ2) is 3.45. The van der Waals surface area contributed by atoms with Crippen molar-refractivity contribution in [1.29, 1.82) is 0 Å². The third-order valence-corrected chi connectivity index (χ3v) is 5.35. The fourth-order valence-electron chi connectivity index (χ4n) is 4.60. The van der Waals surface area contributed by atoms with Crippen LogP contribution < -0.4 is 9.47 Å². The highest BCUT2D eigenvalue weighted by atomic mass is 16.5. The molecule has 0 N–H and O–H groups in total. The molecule has 1 saturated heterocycles. The minimum atomic E-state index is -0.125. The van der Waals surface area contributed by atoms with Crippen LogP contribution in [-0.2, 0) is 15.9 Å². The fourth-order valence-corrected chi connectivity index (χ4v) is 4.60. The van der Waals surface area contributed by atoms with Gasteiger partial charge in [-0.25, -0.2) is 0 Å². The van der Waals surface area contributed by atoms with E-state index < -0.39 is 0 Å². The van der Waals surface area contributed by atoms with Crippen molar-refractivity contribution in [3.05, 3.63) is 23.3 Å². The van der Waals surface area contributed by atoms with Crippen molar-refractivity contribution < 1.29 is 14.2 Å². The second-order valence-electron chi connectivity index (χ2n) is 6.27. The summed E-state index contributed by atoms with van der Waals surface area (Å²) in [5, 5.41) is 0. The molecule has 3 nitrogen and oxygen atoms in total. The molecular weight excluding hydrogens is 240 g/mol. The Balaban J connectivity index is 1.95. The summed E-state index contributed by atoms with van der Waals surface area (Å²) in [5.41, 5.74) is 2.49. The molecule has 0 aromatic heterocycles. The Hall–Kier alpha value is -1.22. The van der Waals surface area contributed by atoms with Gasteiger partial charge in [-0.3, -0.25) is 0 Å². The average molecular weight is 260 g/mol. The Labute approximate surface area is 113 Å². The van der Waals surface area contributed by atoms with Gasteiger partial charge in [0, 0.05) is 0 Å². The van der Waals surface area contributed by atoms with Crippen LogP contribution in [0.4, 0.5) is 0 Å². The Bertz CT molecular complexity index is 553. The highest BCUT2D eigenvalue weighted by Crippen LogP contribution is 2.67. The van der Waals surface area contributed by atoms with Gasteiger partial charge in [-0.2, -0.15) is 0 Å². The lowest BCUT2D eigenvalue weighted by molar-refractivity contribution is -0.0819. The normalized spacial score (nSPS) is 38.2. The Morgan fingerprint density at radius 1 is 1.16 bits per heavy atom. The first-order chi connectivity index (χ1) is 9.13. The number of ether oxygens (including phenoxy) is 3. The van der Waals surface area contributed by atoms with E-state index in [1.54, 1.807) is 14.2 Å². The van der Waals surface area contributed by atoms with E-state index in [4.69, 9.17) is 14.2 Å². The molecule has 4 rings (SSSR count). The van der Waals surface area contributed by atoms with Gasteiger partial charge in [0.15, 0.2) is 11.5 Å². The largest absolute Gasteiger partial charge is 0.493 e. The summed E-state index contributed by atoms with van der Waals surface area (Å²) in [6, 6.07) is 4.27. The standard InChI is InChI=1S/C16H20O3/c1-15-9-10-5-4-6-16(10,19-15)12-8-14(18-3)13(17-2)7-11(12)15/h7-8,10H,4-6,9H2,1-3H3. The van der Waals surface area contributed by atoms with Crippen LogP contribution in [0, 0.1) is 5.92 Å². The van der Waals surface area contributed by atoms with Crippen LogP contribution in [-0.4, -0.2) is 14.2 Å². The molecule has 19 heavy (non-hydrogen) atoms. The van der Waals surface area contributed by atoms with Crippen molar-refractivity contribution in [2.75, 3.05) is 14.2 Å². The molecule has 2 fully saturated rings. The van der Waals surface area contributed by atoms with Crippen molar-refractivity contribution in [3.8, 4) is 11.5 Å². The van der Waals surface area contributed by atoms with E-state index in [1.807, 2.05) is 0 Å². The lowest BCUT2D eigenvalue weighted by Crippen LogP contribution is -2.27. The number of hydrogen-bond acceptors (Lipinski definition) is 3. The van der Waals surface area contributed by atoms with Crippen molar-refractivity contribution in [2.45, 2.75) is 43.8 Å². The summed E-state index contributed by atoms with van der Waals surface area (Å²) in [6.07, 6.45) is 4.86. The topological polar surface area (TPSA) is 27.7 Å². The summed E-state index contributed by atoms with van der Waals surface area (Å²) < 4.78 is 17.4. The van der Waals surface area contributed by atoms with Gasteiger partial charge in [-0.15, -0.1) is 0 Å². The molecule has 1 spiro atoms. The van der Waals surface area contributed by atoms with Gasteiger partial charge in [0.1, 0.15) is 0 Å². The quantitative estimate of drug-likeness (QED) is 0.816. The predicted octanol–water partition coefficient (Wildman–Crippen LogP) is 3.35. The molecule has 1 aromatic rings. The molecule has 1 saturated carbocycles. The molecule has 3 heteroatoms. The van der Waals surface area contributed by atoms with Gasteiger partial charge in [0.25, 0.3) is 0 Å². The van der Waals surface area contributed by atoms with Crippen LogP contribution in [0.15, 0.2) is 12.1 Å². The van der Waals surface area contributed by atoms with Gasteiger partial charge < -0.3 is 14.2 Å². The SMILES string of the molecule is COc1cc2c(cc1OC)C13CCCC1CC2(C)O3. The van der Waals surface area contributed by atoms with E-state index in [2.05, 4.69) is 19.1 Å². The van der Waals surface area contributed by atoms with Crippen LogP contribution in [0.25, 0.3) is 0 Å². The maximum atomic E-state index is 6.53. The second-order valence-corrected chi connectivity index (χ2v) is 6.27. The highest BCUT2D eigenvalue weighted by molar-refractivity contribution is 5.55. The van der Waals surface area contributed by atoms with Crippen LogP contribution in [0.5, 0.6) is 11.5 Å². The number of fused-ring (bicyclic) bond motifs is 3. The van der Waals surface area contributed by atoms with Crippen molar-refractivity contribution in [1.82, 2.24) is 0 Å². The zero-order chi connectivity index (χ0) is 13.3. The molecule has 1 aliphatic carbocycles. The molecule has 3 aliphatic rings. The molecule has 3 atom stereocenters. The Morgan fingerprint density at radius 2 is 1.84 bits per heavy atom. The fraction of sp³-hybridized carbons (Fsp3) is 0.625. The van der Waals surface area contributed by atoms with E-state index in [9.17, 15) is 0 Å². The Kier molecular flexibility index (Phi) is 2.11. The molecule has 102 valence electrons. The van der Waals surface area contributed by atoms with Gasteiger partial charge >= 0.3 is 0 Å². The van der Waals surface area contributed by atoms with Gasteiger partial charge in [0.05, 0.1) is 25.4 Å². The average Bonchev–Trinajstić information content (AvgIpc) is 2.99. The Morgan fingerprint density at radius 3 is 2.53 bits per heavy atom. The van der Waals surface area contributed by atoms with E-state index in [0.717, 1.165) is 24.3 Å². The molecular formula is C16H20O3. The molecule has 2 aliphatic heterocycles. The van der Waals surface area contributed by atoms with E-state index >= 15 is 0 Å². The number of rotatable bonds is 2. The van der Waals surface area contributed by atoms with Crippen LogP contribution in [0.1, 0.15) is 43.7 Å². The van der Waals surface area contributed by atoms with Crippen LogP contribution in [0.3, 0.4) is 0 Å².